The molecule has 0 radical (unpaired) electrons. The van der Waals surface area contributed by atoms with Gasteiger partial charge < -0.3 is 14.6 Å². The van der Waals surface area contributed by atoms with E-state index in [9.17, 15) is 14.0 Å². The van der Waals surface area contributed by atoms with Crippen LogP contribution >= 0.6 is 0 Å². The Bertz CT molecular complexity index is 1040. The van der Waals surface area contributed by atoms with Crippen LogP contribution in [-0.4, -0.2) is 18.4 Å². The van der Waals surface area contributed by atoms with Gasteiger partial charge in [0, 0.05) is 18.2 Å². The Morgan fingerprint density at radius 3 is 2.64 bits per heavy atom. The largest absolute Gasteiger partial charge is 0.465 e. The molecule has 0 saturated heterocycles. The van der Waals surface area contributed by atoms with E-state index >= 15 is 0 Å². The molecule has 1 aromatic heterocycles. The van der Waals surface area contributed by atoms with Crippen molar-refractivity contribution in [3.63, 3.8) is 0 Å². The molecule has 0 bridgehead atoms. The van der Waals surface area contributed by atoms with Gasteiger partial charge in [-0.1, -0.05) is 24.3 Å². The molecule has 0 saturated carbocycles. The third kappa shape index (κ3) is 3.57. The van der Waals surface area contributed by atoms with Gasteiger partial charge in [0.15, 0.2) is 0 Å². The van der Waals surface area contributed by atoms with E-state index in [1.807, 2.05) is 0 Å². The Kier molecular flexibility index (Phi) is 4.76. The molecule has 0 fully saturated rings. The first kappa shape index (κ1) is 17.7. The third-order valence-corrected chi connectivity index (χ3v) is 4.53. The predicted octanol–water partition coefficient (Wildman–Crippen LogP) is 3.78. The molecule has 6 heteroatoms. The number of hydrogen-bond donors (Lipinski definition) is 1. The van der Waals surface area contributed by atoms with Crippen LogP contribution in [0.4, 0.5) is 10.1 Å². The van der Waals surface area contributed by atoms with Gasteiger partial charge in [-0.05, 0) is 48.4 Å². The molecule has 2 heterocycles. The van der Waals surface area contributed by atoms with Crippen molar-refractivity contribution in [3.05, 3.63) is 95.3 Å². The van der Waals surface area contributed by atoms with Crippen LogP contribution in [0.5, 0.6) is 0 Å². The van der Waals surface area contributed by atoms with Gasteiger partial charge in [-0.2, -0.15) is 0 Å². The molecule has 0 aliphatic carbocycles. The summed E-state index contributed by atoms with van der Waals surface area (Å²) < 4.78 is 19.0. The fraction of sp³-hybridized carbons (Fsp3) is 0.0909. The number of amides is 2. The van der Waals surface area contributed by atoms with Crippen molar-refractivity contribution in [1.82, 2.24) is 5.32 Å². The number of rotatable bonds is 4. The Morgan fingerprint density at radius 1 is 1.07 bits per heavy atom. The number of benzene rings is 2. The second-order valence-corrected chi connectivity index (χ2v) is 6.37. The van der Waals surface area contributed by atoms with Crippen LogP contribution in [0.3, 0.4) is 0 Å². The number of furan rings is 1. The van der Waals surface area contributed by atoms with Crippen molar-refractivity contribution in [1.29, 1.82) is 0 Å². The van der Waals surface area contributed by atoms with E-state index in [0.717, 1.165) is 5.56 Å². The van der Waals surface area contributed by atoms with E-state index in [1.165, 1.54) is 29.4 Å². The zero-order valence-electron chi connectivity index (χ0n) is 14.9. The summed E-state index contributed by atoms with van der Waals surface area (Å²) in [5.41, 5.74) is 1.89. The van der Waals surface area contributed by atoms with Crippen LogP contribution in [0, 0.1) is 5.82 Å². The minimum absolute atomic E-state index is 0.0564. The molecule has 1 aliphatic heterocycles. The van der Waals surface area contributed by atoms with Crippen molar-refractivity contribution in [2.24, 2.45) is 0 Å². The van der Waals surface area contributed by atoms with Gasteiger partial charge in [-0.15, -0.1) is 0 Å². The number of nitrogens with zero attached hydrogens (tertiary/aromatic N) is 1. The molecule has 0 spiro atoms. The lowest BCUT2D eigenvalue weighted by Gasteiger charge is -2.19. The second kappa shape index (κ2) is 7.52. The molecule has 1 aliphatic rings. The second-order valence-electron chi connectivity index (χ2n) is 6.37. The monoisotopic (exact) mass is 376 g/mol. The SMILES string of the molecule is O=C(N/C(=C\c1ccco1)C(=O)N1CCc2ccc(F)cc21)c1ccccc1. The molecular formula is C22H17FN2O3. The van der Waals surface area contributed by atoms with Gasteiger partial charge in [-0.25, -0.2) is 4.39 Å². The number of hydrogen-bond acceptors (Lipinski definition) is 3. The van der Waals surface area contributed by atoms with E-state index in [-0.39, 0.29) is 5.70 Å². The fourth-order valence-electron chi connectivity index (χ4n) is 3.16. The molecule has 0 unspecified atom stereocenters. The van der Waals surface area contributed by atoms with Crippen LogP contribution in [0.25, 0.3) is 6.08 Å². The molecule has 3 aromatic rings. The van der Waals surface area contributed by atoms with Crippen LogP contribution < -0.4 is 10.2 Å². The van der Waals surface area contributed by atoms with Gasteiger partial charge in [0.1, 0.15) is 17.3 Å². The Morgan fingerprint density at radius 2 is 1.89 bits per heavy atom. The van der Waals surface area contributed by atoms with Crippen molar-refractivity contribution in [2.75, 3.05) is 11.4 Å². The number of nitrogens with one attached hydrogen (secondary N) is 1. The summed E-state index contributed by atoms with van der Waals surface area (Å²) in [5, 5.41) is 2.67. The average molecular weight is 376 g/mol. The average Bonchev–Trinajstić information content (AvgIpc) is 3.37. The maximum Gasteiger partial charge on any atom is 0.274 e. The summed E-state index contributed by atoms with van der Waals surface area (Å²) in [6, 6.07) is 16.4. The number of carbonyl (C=O) groups excluding carboxylic acids is 2. The van der Waals surface area contributed by atoms with Gasteiger partial charge >= 0.3 is 0 Å². The predicted molar refractivity (Wildman–Crippen MR) is 103 cm³/mol. The molecule has 4 rings (SSSR count). The minimum atomic E-state index is -0.426. The van der Waals surface area contributed by atoms with Crippen molar-refractivity contribution in [2.45, 2.75) is 6.42 Å². The fourth-order valence-corrected chi connectivity index (χ4v) is 3.16. The first-order valence-electron chi connectivity index (χ1n) is 8.84. The molecule has 0 atom stereocenters. The number of carbonyl (C=O) groups is 2. The van der Waals surface area contributed by atoms with Crippen LogP contribution in [0.1, 0.15) is 21.7 Å². The smallest absolute Gasteiger partial charge is 0.274 e. The van der Waals surface area contributed by atoms with Crippen molar-refractivity contribution < 1.29 is 18.4 Å². The molecular weight excluding hydrogens is 359 g/mol. The van der Waals surface area contributed by atoms with Gasteiger partial charge in [-0.3, -0.25) is 9.59 Å². The summed E-state index contributed by atoms with van der Waals surface area (Å²) in [7, 11) is 0. The molecule has 1 N–H and O–H groups in total. The molecule has 28 heavy (non-hydrogen) atoms. The van der Waals surface area contributed by atoms with Gasteiger partial charge in [0.2, 0.25) is 0 Å². The van der Waals surface area contributed by atoms with Gasteiger partial charge in [0.25, 0.3) is 11.8 Å². The van der Waals surface area contributed by atoms with E-state index in [1.54, 1.807) is 48.5 Å². The zero-order chi connectivity index (χ0) is 19.5. The lowest BCUT2D eigenvalue weighted by Crippen LogP contribution is -2.37. The molecule has 2 amide bonds. The third-order valence-electron chi connectivity index (χ3n) is 4.53. The highest BCUT2D eigenvalue weighted by molar-refractivity contribution is 6.12. The van der Waals surface area contributed by atoms with Crippen molar-refractivity contribution >= 4 is 23.6 Å². The standard InChI is InChI=1S/C22H17FN2O3/c23-17-9-8-15-10-11-25(20(15)13-17)22(27)19(14-18-7-4-12-28-18)24-21(26)16-5-2-1-3-6-16/h1-9,12-14H,10-11H2,(H,24,26)/b19-14-. The van der Waals surface area contributed by atoms with Crippen LogP contribution in [0.2, 0.25) is 0 Å². The van der Waals surface area contributed by atoms with Gasteiger partial charge in [0.05, 0.1) is 12.0 Å². The Hall–Kier alpha value is -3.67. The number of anilines is 1. The lowest BCUT2D eigenvalue weighted by molar-refractivity contribution is -0.115. The first-order chi connectivity index (χ1) is 13.6. The van der Waals surface area contributed by atoms with Crippen molar-refractivity contribution in [3.8, 4) is 0 Å². The summed E-state index contributed by atoms with van der Waals surface area (Å²) in [5.74, 6) is -0.825. The maximum absolute atomic E-state index is 13.7. The van der Waals surface area contributed by atoms with E-state index < -0.39 is 17.6 Å². The summed E-state index contributed by atoms with van der Waals surface area (Å²) in [6.45, 7) is 0.411. The first-order valence-corrected chi connectivity index (χ1v) is 8.84. The van der Waals surface area contributed by atoms with E-state index in [4.69, 9.17) is 4.42 Å². The lowest BCUT2D eigenvalue weighted by atomic mass is 10.1. The Labute approximate surface area is 161 Å². The molecule has 5 nitrogen and oxygen atoms in total. The zero-order valence-corrected chi connectivity index (χ0v) is 14.9. The number of fused-ring (bicyclic) bond motifs is 1. The minimum Gasteiger partial charge on any atom is -0.465 e. The van der Waals surface area contributed by atoms with E-state index in [2.05, 4.69) is 5.32 Å². The highest BCUT2D eigenvalue weighted by Crippen LogP contribution is 2.30. The van der Waals surface area contributed by atoms with Crippen LogP contribution in [-0.2, 0) is 11.2 Å². The maximum atomic E-state index is 13.7. The van der Waals surface area contributed by atoms with Crippen LogP contribution in [0.15, 0.2) is 77.0 Å². The summed E-state index contributed by atoms with van der Waals surface area (Å²) in [4.78, 5) is 27.3. The highest BCUT2D eigenvalue weighted by Gasteiger charge is 2.28. The number of halogens is 1. The molecule has 140 valence electrons. The molecule has 2 aromatic carbocycles. The normalized spacial score (nSPS) is 13.3. The summed E-state index contributed by atoms with van der Waals surface area (Å²) in [6.07, 6.45) is 3.58. The highest BCUT2D eigenvalue weighted by atomic mass is 19.1. The topological polar surface area (TPSA) is 62.6 Å². The Balaban J connectivity index is 1.66. The quantitative estimate of drug-likeness (QED) is 0.705. The summed E-state index contributed by atoms with van der Waals surface area (Å²) >= 11 is 0. The van der Waals surface area contributed by atoms with E-state index in [0.29, 0.717) is 30.0 Å².